The van der Waals surface area contributed by atoms with Gasteiger partial charge in [-0.3, -0.25) is 0 Å². The van der Waals surface area contributed by atoms with Crippen molar-refractivity contribution in [2.24, 2.45) is 0 Å². The molecule has 2 rings (SSSR count). The molecule has 0 radical (unpaired) electrons. The van der Waals surface area contributed by atoms with E-state index in [1.54, 1.807) is 7.11 Å². The Labute approximate surface area is 120 Å². The van der Waals surface area contributed by atoms with E-state index in [1.807, 2.05) is 12.1 Å². The van der Waals surface area contributed by atoms with Crippen LogP contribution in [0.25, 0.3) is 10.8 Å². The number of aliphatic hydroxyl groups is 1. The summed E-state index contributed by atoms with van der Waals surface area (Å²) >= 11 is 0. The molecule has 0 bridgehead atoms. The second kappa shape index (κ2) is 6.73. The lowest BCUT2D eigenvalue weighted by atomic mass is 10.0. The third kappa shape index (κ3) is 3.50. The van der Waals surface area contributed by atoms with Crippen LogP contribution in [0.2, 0.25) is 0 Å². The quantitative estimate of drug-likeness (QED) is 0.848. The summed E-state index contributed by atoms with van der Waals surface area (Å²) in [5, 5.41) is 14.9. The molecular weight excluding hydrogens is 250 g/mol. The topological polar surface area (TPSA) is 41.5 Å². The molecule has 2 aromatic rings. The minimum atomic E-state index is 0.221. The maximum Gasteiger partial charge on any atom is 0.119 e. The molecule has 0 fully saturated rings. The zero-order valence-electron chi connectivity index (χ0n) is 12.4. The van der Waals surface area contributed by atoms with Crippen molar-refractivity contribution in [1.82, 2.24) is 5.32 Å². The number of aliphatic hydroxyl groups excluding tert-OH is 1. The molecule has 3 nitrogen and oxygen atoms in total. The monoisotopic (exact) mass is 273 g/mol. The first kappa shape index (κ1) is 14.8. The second-order valence-corrected chi connectivity index (χ2v) is 5.27. The van der Waals surface area contributed by atoms with Crippen molar-refractivity contribution in [2.45, 2.75) is 32.4 Å². The van der Waals surface area contributed by atoms with Gasteiger partial charge in [-0.1, -0.05) is 18.2 Å². The van der Waals surface area contributed by atoms with E-state index in [1.165, 1.54) is 16.3 Å². The standard InChI is InChI=1S/C17H23NO2/c1-12(8-9-19)18-13(2)14-4-5-16-11-17(20-3)7-6-15(16)10-14/h4-7,10-13,18-19H,8-9H2,1-3H3/t12-,13?/m1/s1. The van der Waals surface area contributed by atoms with Gasteiger partial charge in [-0.05, 0) is 54.8 Å². The molecule has 2 aromatic carbocycles. The van der Waals surface area contributed by atoms with E-state index in [0.29, 0.717) is 6.04 Å². The molecule has 2 atom stereocenters. The zero-order chi connectivity index (χ0) is 14.5. The van der Waals surface area contributed by atoms with Crippen molar-refractivity contribution >= 4 is 10.8 Å². The predicted molar refractivity (Wildman–Crippen MR) is 83.2 cm³/mol. The largest absolute Gasteiger partial charge is 0.497 e. The molecular formula is C17H23NO2. The van der Waals surface area contributed by atoms with Gasteiger partial charge >= 0.3 is 0 Å². The second-order valence-electron chi connectivity index (χ2n) is 5.27. The smallest absolute Gasteiger partial charge is 0.119 e. The molecule has 0 aliphatic rings. The van der Waals surface area contributed by atoms with Crippen LogP contribution in [0.15, 0.2) is 36.4 Å². The maximum absolute atomic E-state index is 8.96. The Morgan fingerprint density at radius 1 is 1.10 bits per heavy atom. The molecule has 0 saturated carbocycles. The summed E-state index contributed by atoms with van der Waals surface area (Å²) in [5.74, 6) is 0.882. The zero-order valence-corrected chi connectivity index (χ0v) is 12.4. The van der Waals surface area contributed by atoms with Crippen LogP contribution in [-0.4, -0.2) is 24.9 Å². The van der Waals surface area contributed by atoms with Crippen LogP contribution >= 0.6 is 0 Å². The van der Waals surface area contributed by atoms with Crippen LogP contribution in [0, 0.1) is 0 Å². The van der Waals surface area contributed by atoms with Gasteiger partial charge in [0.05, 0.1) is 7.11 Å². The molecule has 20 heavy (non-hydrogen) atoms. The van der Waals surface area contributed by atoms with Crippen LogP contribution in [0.1, 0.15) is 31.9 Å². The Morgan fingerprint density at radius 3 is 2.50 bits per heavy atom. The summed E-state index contributed by atoms with van der Waals surface area (Å²) < 4.78 is 5.24. The van der Waals surface area contributed by atoms with Crippen LogP contribution < -0.4 is 10.1 Å². The number of benzene rings is 2. The Balaban J connectivity index is 2.18. The minimum absolute atomic E-state index is 0.221. The number of ether oxygens (including phenoxy) is 1. The molecule has 0 aliphatic heterocycles. The highest BCUT2D eigenvalue weighted by Gasteiger charge is 2.09. The van der Waals surface area contributed by atoms with E-state index >= 15 is 0 Å². The molecule has 0 amide bonds. The molecule has 2 N–H and O–H groups in total. The van der Waals surface area contributed by atoms with Crippen LogP contribution in [-0.2, 0) is 0 Å². The van der Waals surface area contributed by atoms with Gasteiger partial charge in [-0.15, -0.1) is 0 Å². The number of methoxy groups -OCH3 is 1. The third-order valence-electron chi connectivity index (χ3n) is 3.67. The van der Waals surface area contributed by atoms with Gasteiger partial charge in [0.25, 0.3) is 0 Å². The Bertz CT molecular complexity index is 568. The highest BCUT2D eigenvalue weighted by molar-refractivity contribution is 5.84. The minimum Gasteiger partial charge on any atom is -0.497 e. The van der Waals surface area contributed by atoms with E-state index in [2.05, 4.69) is 43.4 Å². The molecule has 0 aromatic heterocycles. The first-order valence-corrected chi connectivity index (χ1v) is 7.08. The molecule has 1 unspecified atom stereocenters. The van der Waals surface area contributed by atoms with Gasteiger partial charge in [-0.2, -0.15) is 0 Å². The highest BCUT2D eigenvalue weighted by atomic mass is 16.5. The molecule has 0 aliphatic carbocycles. The average molecular weight is 273 g/mol. The number of rotatable bonds is 6. The fourth-order valence-corrected chi connectivity index (χ4v) is 2.44. The lowest BCUT2D eigenvalue weighted by molar-refractivity contribution is 0.264. The van der Waals surface area contributed by atoms with Crippen molar-refractivity contribution < 1.29 is 9.84 Å². The number of nitrogens with one attached hydrogen (secondary N) is 1. The van der Waals surface area contributed by atoms with Crippen molar-refractivity contribution in [3.8, 4) is 5.75 Å². The highest BCUT2D eigenvalue weighted by Crippen LogP contribution is 2.24. The molecule has 0 saturated heterocycles. The van der Waals surface area contributed by atoms with Crippen molar-refractivity contribution in [2.75, 3.05) is 13.7 Å². The summed E-state index contributed by atoms with van der Waals surface area (Å²) in [6.45, 7) is 4.47. The van der Waals surface area contributed by atoms with Gasteiger partial charge in [0.2, 0.25) is 0 Å². The van der Waals surface area contributed by atoms with Gasteiger partial charge in [-0.25, -0.2) is 0 Å². The molecule has 0 heterocycles. The van der Waals surface area contributed by atoms with Gasteiger partial charge in [0, 0.05) is 18.7 Å². The van der Waals surface area contributed by atoms with E-state index in [0.717, 1.165) is 12.2 Å². The average Bonchev–Trinajstić information content (AvgIpc) is 2.46. The van der Waals surface area contributed by atoms with Gasteiger partial charge in [0.1, 0.15) is 5.75 Å². The number of fused-ring (bicyclic) bond motifs is 1. The van der Waals surface area contributed by atoms with Crippen LogP contribution in [0.3, 0.4) is 0 Å². The normalized spacial score (nSPS) is 14.2. The fraction of sp³-hybridized carbons (Fsp3) is 0.412. The third-order valence-corrected chi connectivity index (χ3v) is 3.67. The Morgan fingerprint density at radius 2 is 1.80 bits per heavy atom. The summed E-state index contributed by atoms with van der Waals surface area (Å²) in [6, 6.07) is 13.2. The van der Waals surface area contributed by atoms with E-state index in [-0.39, 0.29) is 12.6 Å². The van der Waals surface area contributed by atoms with Crippen molar-refractivity contribution in [1.29, 1.82) is 0 Å². The van der Waals surface area contributed by atoms with Crippen molar-refractivity contribution in [3.63, 3.8) is 0 Å². The van der Waals surface area contributed by atoms with E-state index in [4.69, 9.17) is 9.84 Å². The lowest BCUT2D eigenvalue weighted by Gasteiger charge is -2.20. The first-order valence-electron chi connectivity index (χ1n) is 7.08. The maximum atomic E-state index is 8.96. The van der Waals surface area contributed by atoms with Crippen LogP contribution in [0.4, 0.5) is 0 Å². The molecule has 3 heteroatoms. The lowest BCUT2D eigenvalue weighted by Crippen LogP contribution is -2.29. The fourth-order valence-electron chi connectivity index (χ4n) is 2.44. The summed E-state index contributed by atoms with van der Waals surface area (Å²) in [7, 11) is 1.68. The molecule has 0 spiro atoms. The Hall–Kier alpha value is -1.58. The van der Waals surface area contributed by atoms with Gasteiger partial charge < -0.3 is 15.2 Å². The summed E-state index contributed by atoms with van der Waals surface area (Å²) in [6.07, 6.45) is 0.773. The first-order chi connectivity index (χ1) is 9.63. The molecule has 108 valence electrons. The summed E-state index contributed by atoms with van der Waals surface area (Å²) in [5.41, 5.74) is 1.26. The van der Waals surface area contributed by atoms with Crippen LogP contribution in [0.5, 0.6) is 5.75 Å². The van der Waals surface area contributed by atoms with Crippen molar-refractivity contribution in [3.05, 3.63) is 42.0 Å². The van der Waals surface area contributed by atoms with E-state index in [9.17, 15) is 0 Å². The predicted octanol–water partition coefficient (Wildman–Crippen LogP) is 3.27. The van der Waals surface area contributed by atoms with Gasteiger partial charge in [0.15, 0.2) is 0 Å². The number of hydrogen-bond acceptors (Lipinski definition) is 3. The summed E-state index contributed by atoms with van der Waals surface area (Å²) in [4.78, 5) is 0. The van der Waals surface area contributed by atoms with E-state index < -0.39 is 0 Å². The SMILES string of the molecule is COc1ccc2cc(C(C)N[C@H](C)CCO)ccc2c1. The Kier molecular flexibility index (Phi) is 4.99. The number of hydrogen-bond donors (Lipinski definition) is 2.